The van der Waals surface area contributed by atoms with Crippen LogP contribution in [0.15, 0.2) is 42.5 Å². The van der Waals surface area contributed by atoms with Gasteiger partial charge >= 0.3 is 0 Å². The molecule has 4 N–H and O–H groups in total. The topological polar surface area (TPSA) is 109 Å². The van der Waals surface area contributed by atoms with Crippen LogP contribution in [0.4, 0.5) is 4.39 Å². The Morgan fingerprint density at radius 2 is 1.98 bits per heavy atom. The average Bonchev–Trinajstić information content (AvgIpc) is 3.74. The molecule has 0 aromatic heterocycles. The minimum absolute atomic E-state index is 0.00151. The Morgan fingerprint density at radius 3 is 2.73 bits per heavy atom. The second-order valence-corrected chi connectivity index (χ2v) is 11.0. The molecular formula is C31H42FN3O5. The zero-order valence-corrected chi connectivity index (χ0v) is 23.5. The van der Waals surface area contributed by atoms with Crippen molar-refractivity contribution in [1.82, 2.24) is 16.0 Å². The van der Waals surface area contributed by atoms with E-state index >= 15 is 0 Å². The van der Waals surface area contributed by atoms with E-state index in [0.29, 0.717) is 37.5 Å². The molecule has 2 aromatic carbocycles. The SMILES string of the molecule is CCc1cccc(C2(NC[C@@H](O)[C@@H]3Cc4cc(F)cc(c4)OCC(COC)CCNC(=O)CCC(=O)N3)CC2)c1. The Bertz CT molecular complexity index is 1160. The van der Waals surface area contributed by atoms with Gasteiger partial charge in [-0.3, -0.25) is 9.59 Å². The number of halogens is 1. The van der Waals surface area contributed by atoms with Crippen LogP contribution in [-0.2, 0) is 32.7 Å². The molecule has 0 saturated heterocycles. The molecule has 1 heterocycles. The van der Waals surface area contributed by atoms with Gasteiger partial charge in [0.25, 0.3) is 0 Å². The molecule has 0 radical (unpaired) electrons. The Morgan fingerprint density at radius 1 is 1.18 bits per heavy atom. The summed E-state index contributed by atoms with van der Waals surface area (Å²) in [6, 6.07) is 12.3. The number of hydrogen-bond acceptors (Lipinski definition) is 6. The normalized spacial score (nSPS) is 22.5. The van der Waals surface area contributed by atoms with E-state index in [1.807, 2.05) is 0 Å². The molecule has 2 amide bonds. The lowest BCUT2D eigenvalue weighted by Crippen LogP contribution is -2.50. The molecule has 1 saturated carbocycles. The monoisotopic (exact) mass is 555 g/mol. The number of fused-ring (bicyclic) bond motifs is 2. The Hall–Kier alpha value is -3.01. The number of amides is 2. The summed E-state index contributed by atoms with van der Waals surface area (Å²) in [4.78, 5) is 25.1. The highest BCUT2D eigenvalue weighted by molar-refractivity contribution is 5.83. The number of rotatable bonds is 8. The lowest BCUT2D eigenvalue weighted by Gasteiger charge is -2.28. The zero-order chi connectivity index (χ0) is 28.5. The van der Waals surface area contributed by atoms with Gasteiger partial charge in [0.1, 0.15) is 11.6 Å². The van der Waals surface area contributed by atoms with Gasteiger partial charge in [-0.25, -0.2) is 4.39 Å². The van der Waals surface area contributed by atoms with Gasteiger partial charge in [0.15, 0.2) is 0 Å². The minimum atomic E-state index is -0.942. The van der Waals surface area contributed by atoms with Crippen molar-refractivity contribution in [3.63, 3.8) is 0 Å². The molecule has 9 heteroatoms. The van der Waals surface area contributed by atoms with E-state index in [2.05, 4.69) is 47.1 Å². The van der Waals surface area contributed by atoms with Crippen LogP contribution in [0.25, 0.3) is 0 Å². The molecule has 0 spiro atoms. The number of methoxy groups -OCH3 is 1. The maximum Gasteiger partial charge on any atom is 0.220 e. The summed E-state index contributed by atoms with van der Waals surface area (Å²) in [6.45, 7) is 3.54. The van der Waals surface area contributed by atoms with Crippen molar-refractivity contribution < 1.29 is 28.6 Å². The van der Waals surface area contributed by atoms with Crippen LogP contribution in [0, 0.1) is 11.7 Å². The summed E-state index contributed by atoms with van der Waals surface area (Å²) >= 11 is 0. The molecule has 1 aliphatic carbocycles. The summed E-state index contributed by atoms with van der Waals surface area (Å²) in [7, 11) is 1.60. The molecule has 218 valence electrons. The summed E-state index contributed by atoms with van der Waals surface area (Å²) in [5.74, 6) is -0.627. The second kappa shape index (κ2) is 14.1. The molecule has 2 bridgehead atoms. The van der Waals surface area contributed by atoms with E-state index in [-0.39, 0.29) is 49.1 Å². The first-order valence-electron chi connectivity index (χ1n) is 14.3. The maximum atomic E-state index is 14.6. The standard InChI is InChI=1S/C31H42FN3O5/c1-3-21-5-4-6-24(13-21)31(10-11-31)34-18-28(36)27-16-23-14-25(32)17-26(15-23)40-20-22(19-39-2)9-12-33-29(37)7-8-30(38)35-27/h4-6,13-15,17,22,27-28,34,36H,3,7-12,16,18-20H2,1-2H3,(H,33,37)(H,35,38)/t22?,27-,28+/m0/s1. The number of ether oxygens (including phenoxy) is 2. The van der Waals surface area contributed by atoms with Crippen molar-refractivity contribution in [2.75, 3.05) is 33.4 Å². The van der Waals surface area contributed by atoms with E-state index in [9.17, 15) is 19.1 Å². The van der Waals surface area contributed by atoms with Crippen LogP contribution in [0.3, 0.4) is 0 Å². The molecular weight excluding hydrogens is 513 g/mol. The van der Waals surface area contributed by atoms with Gasteiger partial charge in [-0.1, -0.05) is 31.2 Å². The number of carbonyl (C=O) groups is 2. The maximum absolute atomic E-state index is 14.6. The highest BCUT2D eigenvalue weighted by atomic mass is 19.1. The first-order valence-corrected chi connectivity index (χ1v) is 14.3. The highest BCUT2D eigenvalue weighted by Gasteiger charge is 2.44. The zero-order valence-electron chi connectivity index (χ0n) is 23.5. The van der Waals surface area contributed by atoms with E-state index < -0.39 is 18.0 Å². The third-order valence-corrected chi connectivity index (χ3v) is 7.83. The minimum Gasteiger partial charge on any atom is -0.493 e. The molecule has 1 fully saturated rings. The molecule has 3 atom stereocenters. The smallest absolute Gasteiger partial charge is 0.220 e. The van der Waals surface area contributed by atoms with Crippen molar-refractivity contribution in [3.8, 4) is 5.75 Å². The average molecular weight is 556 g/mol. The summed E-state index contributed by atoms with van der Waals surface area (Å²) in [5.41, 5.74) is 2.87. The Kier molecular flexibility index (Phi) is 10.5. The number of nitrogens with one attached hydrogen (secondary N) is 3. The third kappa shape index (κ3) is 8.49. The Labute approximate surface area is 236 Å². The van der Waals surface area contributed by atoms with Gasteiger partial charge in [-0.15, -0.1) is 0 Å². The second-order valence-electron chi connectivity index (χ2n) is 11.0. The van der Waals surface area contributed by atoms with Crippen LogP contribution in [0.5, 0.6) is 5.75 Å². The number of aryl methyl sites for hydroxylation is 1. The molecule has 2 aromatic rings. The van der Waals surface area contributed by atoms with Gasteiger partial charge in [0, 0.05) is 50.6 Å². The fourth-order valence-electron chi connectivity index (χ4n) is 5.26. The van der Waals surface area contributed by atoms with Gasteiger partial charge < -0.3 is 30.5 Å². The van der Waals surface area contributed by atoms with Crippen LogP contribution >= 0.6 is 0 Å². The molecule has 8 nitrogen and oxygen atoms in total. The lowest BCUT2D eigenvalue weighted by atomic mass is 9.98. The summed E-state index contributed by atoms with van der Waals surface area (Å²) in [5, 5.41) is 20.5. The van der Waals surface area contributed by atoms with Crippen molar-refractivity contribution in [2.45, 2.75) is 69.6 Å². The van der Waals surface area contributed by atoms with Crippen LogP contribution < -0.4 is 20.7 Å². The highest BCUT2D eigenvalue weighted by Crippen LogP contribution is 2.45. The van der Waals surface area contributed by atoms with Crippen molar-refractivity contribution in [1.29, 1.82) is 0 Å². The molecule has 40 heavy (non-hydrogen) atoms. The van der Waals surface area contributed by atoms with E-state index in [1.165, 1.54) is 23.3 Å². The Balaban J connectivity index is 1.50. The van der Waals surface area contributed by atoms with Gasteiger partial charge in [-0.2, -0.15) is 0 Å². The van der Waals surface area contributed by atoms with Crippen LogP contribution in [-0.4, -0.2) is 62.5 Å². The lowest BCUT2D eigenvalue weighted by molar-refractivity contribution is -0.127. The first-order chi connectivity index (χ1) is 19.3. The van der Waals surface area contributed by atoms with E-state index in [1.54, 1.807) is 13.2 Å². The molecule has 4 rings (SSSR count). The first kappa shape index (κ1) is 30.0. The molecule has 1 aliphatic heterocycles. The van der Waals surface area contributed by atoms with E-state index in [0.717, 1.165) is 19.3 Å². The third-order valence-electron chi connectivity index (χ3n) is 7.83. The number of hydrogen-bond donors (Lipinski definition) is 4. The number of benzene rings is 2. The number of carbonyl (C=O) groups excluding carboxylic acids is 2. The fourth-order valence-corrected chi connectivity index (χ4v) is 5.26. The predicted molar refractivity (Wildman–Crippen MR) is 150 cm³/mol. The van der Waals surface area contributed by atoms with E-state index in [4.69, 9.17) is 9.47 Å². The fraction of sp³-hybridized carbons (Fsp3) is 0.548. The molecule has 1 unspecified atom stereocenters. The predicted octanol–water partition coefficient (Wildman–Crippen LogP) is 3.00. The van der Waals surface area contributed by atoms with Crippen molar-refractivity contribution in [2.24, 2.45) is 5.92 Å². The molecule has 2 aliphatic rings. The van der Waals surface area contributed by atoms with Crippen molar-refractivity contribution >= 4 is 11.8 Å². The number of aliphatic hydroxyl groups is 1. The van der Waals surface area contributed by atoms with Crippen LogP contribution in [0.2, 0.25) is 0 Å². The van der Waals surface area contributed by atoms with Gasteiger partial charge in [0.05, 0.1) is 25.4 Å². The van der Waals surface area contributed by atoms with Crippen LogP contribution in [0.1, 0.15) is 55.7 Å². The quantitative estimate of drug-likeness (QED) is 0.399. The van der Waals surface area contributed by atoms with Gasteiger partial charge in [-0.05, 0) is 60.9 Å². The largest absolute Gasteiger partial charge is 0.493 e. The number of aliphatic hydroxyl groups excluding tert-OH is 1. The van der Waals surface area contributed by atoms with Gasteiger partial charge in [0.2, 0.25) is 11.8 Å². The van der Waals surface area contributed by atoms with Crippen molar-refractivity contribution in [3.05, 3.63) is 65.0 Å². The summed E-state index contributed by atoms with van der Waals surface area (Å²) < 4.78 is 25.8. The summed E-state index contributed by atoms with van der Waals surface area (Å²) in [6.07, 6.45) is 2.80.